The van der Waals surface area contributed by atoms with Gasteiger partial charge in [0.05, 0.1) is 16.8 Å². The Morgan fingerprint density at radius 3 is 2.67 bits per heavy atom. The Bertz CT molecular complexity index is 1650. The minimum absolute atomic E-state index is 0.0260. The number of anilines is 3. The molecule has 1 aliphatic rings. The van der Waals surface area contributed by atoms with Gasteiger partial charge in [0, 0.05) is 30.4 Å². The van der Waals surface area contributed by atoms with Gasteiger partial charge < -0.3 is 19.9 Å². The van der Waals surface area contributed by atoms with E-state index in [0.717, 1.165) is 5.69 Å². The van der Waals surface area contributed by atoms with Crippen molar-refractivity contribution in [2.45, 2.75) is 13.5 Å². The molecule has 0 unspecified atom stereocenters. The maximum absolute atomic E-state index is 15.3. The Labute approximate surface area is 209 Å². The number of nitrogens with zero attached hydrogens (tertiary/aromatic N) is 5. The van der Waals surface area contributed by atoms with Crippen LogP contribution in [0.2, 0.25) is 5.15 Å². The highest BCUT2D eigenvalue weighted by Crippen LogP contribution is 2.48. The predicted octanol–water partition coefficient (Wildman–Crippen LogP) is 6.26. The second-order valence-electron chi connectivity index (χ2n) is 8.41. The molecule has 36 heavy (non-hydrogen) atoms. The van der Waals surface area contributed by atoms with Crippen LogP contribution in [0.3, 0.4) is 0 Å². The van der Waals surface area contributed by atoms with Gasteiger partial charge in [0.1, 0.15) is 22.9 Å². The molecular weight excluding hydrogens is 486 g/mol. The quantitative estimate of drug-likeness (QED) is 0.230. The van der Waals surface area contributed by atoms with Crippen LogP contribution in [0.4, 0.5) is 26.0 Å². The number of rotatable bonds is 4. The van der Waals surface area contributed by atoms with E-state index in [1.807, 2.05) is 17.6 Å². The van der Waals surface area contributed by atoms with Gasteiger partial charge in [-0.25, -0.2) is 23.7 Å². The fourth-order valence-electron chi connectivity index (χ4n) is 4.60. The van der Waals surface area contributed by atoms with E-state index in [-0.39, 0.29) is 22.5 Å². The van der Waals surface area contributed by atoms with Crippen LogP contribution in [-0.4, -0.2) is 26.1 Å². The minimum Gasteiger partial charge on any atom is -0.436 e. The number of nitrogen functional groups attached to an aromatic ring is 1. The number of aromatic nitrogens is 4. The molecule has 1 aliphatic heterocycles. The number of benzene rings is 2. The first kappa shape index (κ1) is 22.2. The van der Waals surface area contributed by atoms with E-state index in [1.54, 1.807) is 35.2 Å². The summed E-state index contributed by atoms with van der Waals surface area (Å²) in [6, 6.07) is 14.7. The van der Waals surface area contributed by atoms with E-state index >= 15 is 8.78 Å². The van der Waals surface area contributed by atoms with Crippen molar-refractivity contribution in [1.82, 2.24) is 19.5 Å². The van der Waals surface area contributed by atoms with Crippen LogP contribution in [0.5, 0.6) is 11.6 Å². The molecule has 0 radical (unpaired) electrons. The van der Waals surface area contributed by atoms with Crippen molar-refractivity contribution in [2.24, 2.45) is 0 Å². The molecule has 2 N–H and O–H groups in total. The average Bonchev–Trinajstić information content (AvgIpc) is 3.42. The lowest BCUT2D eigenvalue weighted by molar-refractivity contribution is 0.427. The van der Waals surface area contributed by atoms with E-state index in [2.05, 4.69) is 15.0 Å². The van der Waals surface area contributed by atoms with E-state index in [0.29, 0.717) is 46.8 Å². The van der Waals surface area contributed by atoms with Crippen molar-refractivity contribution in [2.75, 3.05) is 17.2 Å². The largest absolute Gasteiger partial charge is 0.436 e. The Morgan fingerprint density at radius 2 is 1.86 bits per heavy atom. The molecule has 180 valence electrons. The molecule has 10 heteroatoms. The van der Waals surface area contributed by atoms with Crippen molar-refractivity contribution in [1.29, 1.82) is 0 Å². The van der Waals surface area contributed by atoms with Crippen LogP contribution in [-0.2, 0) is 6.54 Å². The summed E-state index contributed by atoms with van der Waals surface area (Å²) in [5, 5.41) is 0.770. The lowest BCUT2D eigenvalue weighted by atomic mass is 10.0. The number of aryl methyl sites for hydroxylation is 1. The predicted molar refractivity (Wildman–Crippen MR) is 135 cm³/mol. The third-order valence-electron chi connectivity index (χ3n) is 6.17. The Kier molecular flexibility index (Phi) is 5.22. The van der Waals surface area contributed by atoms with Gasteiger partial charge in [-0.05, 0) is 42.8 Å². The van der Waals surface area contributed by atoms with E-state index in [1.165, 1.54) is 24.5 Å². The van der Waals surface area contributed by atoms with Crippen LogP contribution in [0.25, 0.3) is 22.2 Å². The van der Waals surface area contributed by atoms with E-state index < -0.39 is 11.6 Å². The standard InChI is InChI=1S/C26H19ClF2N6O/c1-14-4-2-7-20(33-14)36-19-9-8-15(12-16(19)28)21-22-24(27)31-13-32-25(22)35-11-10-34(26(21)35)18-6-3-5-17(30)23(18)29/h2-9,12-13H,10-11,30H2,1H3. The first-order valence-electron chi connectivity index (χ1n) is 11.2. The molecule has 0 fully saturated rings. The maximum Gasteiger partial charge on any atom is 0.219 e. The summed E-state index contributed by atoms with van der Waals surface area (Å²) in [5.74, 6) is -0.170. The molecule has 0 atom stereocenters. The van der Waals surface area contributed by atoms with Gasteiger partial charge in [0.15, 0.2) is 17.4 Å². The molecule has 7 nitrogen and oxygen atoms in total. The number of ether oxygens (including phenoxy) is 1. The third-order valence-corrected chi connectivity index (χ3v) is 6.45. The smallest absolute Gasteiger partial charge is 0.219 e. The Morgan fingerprint density at radius 1 is 1.03 bits per heavy atom. The first-order valence-corrected chi connectivity index (χ1v) is 11.6. The highest BCUT2D eigenvalue weighted by Gasteiger charge is 2.32. The monoisotopic (exact) mass is 504 g/mol. The first-order chi connectivity index (χ1) is 17.4. The summed E-state index contributed by atoms with van der Waals surface area (Å²) in [6.45, 7) is 2.82. The summed E-state index contributed by atoms with van der Waals surface area (Å²) in [7, 11) is 0. The molecule has 3 aromatic heterocycles. The number of hydrogen-bond donors (Lipinski definition) is 1. The SMILES string of the molecule is Cc1cccc(Oc2ccc(-c3c4n(c5ncnc(Cl)c35)CCN4c3cccc(N)c3F)cc2F)n1. The number of hydrogen-bond acceptors (Lipinski definition) is 6. The normalized spacial score (nSPS) is 12.8. The Hall–Kier alpha value is -4.24. The van der Waals surface area contributed by atoms with Crippen molar-refractivity contribution in [3.05, 3.63) is 83.4 Å². The summed E-state index contributed by atoms with van der Waals surface area (Å²) in [6.07, 6.45) is 1.37. The number of nitrogens with two attached hydrogens (primary N) is 1. The molecule has 0 amide bonds. The fourth-order valence-corrected chi connectivity index (χ4v) is 4.82. The number of fused-ring (bicyclic) bond motifs is 3. The molecular formula is C26H19ClF2N6O. The van der Waals surface area contributed by atoms with Gasteiger partial charge >= 0.3 is 0 Å². The molecule has 0 bridgehead atoms. The molecule has 5 aromatic rings. The molecule has 4 heterocycles. The van der Waals surface area contributed by atoms with Crippen LogP contribution in [0.1, 0.15) is 5.69 Å². The number of pyridine rings is 1. The van der Waals surface area contributed by atoms with Crippen molar-refractivity contribution < 1.29 is 13.5 Å². The topological polar surface area (TPSA) is 82.1 Å². The third kappa shape index (κ3) is 3.51. The second-order valence-corrected chi connectivity index (χ2v) is 8.77. The number of halogens is 3. The summed E-state index contributed by atoms with van der Waals surface area (Å²) in [4.78, 5) is 14.6. The zero-order chi connectivity index (χ0) is 25.0. The Balaban J connectivity index is 1.52. The van der Waals surface area contributed by atoms with Gasteiger partial charge in [-0.15, -0.1) is 0 Å². The summed E-state index contributed by atoms with van der Waals surface area (Å²) >= 11 is 6.52. The van der Waals surface area contributed by atoms with E-state index in [4.69, 9.17) is 22.1 Å². The second kappa shape index (κ2) is 8.46. The lowest BCUT2D eigenvalue weighted by Crippen LogP contribution is -2.16. The zero-order valence-electron chi connectivity index (χ0n) is 19.0. The average molecular weight is 505 g/mol. The van der Waals surface area contributed by atoms with Crippen molar-refractivity contribution in [3.63, 3.8) is 0 Å². The van der Waals surface area contributed by atoms with Gasteiger partial charge in [0.2, 0.25) is 5.88 Å². The molecule has 0 spiro atoms. The van der Waals surface area contributed by atoms with Crippen molar-refractivity contribution >= 4 is 39.8 Å². The fraction of sp³-hybridized carbons (Fsp3) is 0.115. The highest BCUT2D eigenvalue weighted by molar-refractivity contribution is 6.35. The highest BCUT2D eigenvalue weighted by atomic mass is 35.5. The van der Waals surface area contributed by atoms with Crippen LogP contribution >= 0.6 is 11.6 Å². The van der Waals surface area contributed by atoms with Crippen LogP contribution < -0.4 is 15.4 Å². The van der Waals surface area contributed by atoms with Crippen LogP contribution in [0, 0.1) is 18.6 Å². The van der Waals surface area contributed by atoms with E-state index in [9.17, 15) is 0 Å². The lowest BCUT2D eigenvalue weighted by Gasteiger charge is -2.21. The molecule has 0 aliphatic carbocycles. The van der Waals surface area contributed by atoms with Gasteiger partial charge in [0.25, 0.3) is 0 Å². The molecule has 2 aromatic carbocycles. The van der Waals surface area contributed by atoms with Gasteiger partial charge in [-0.1, -0.05) is 29.8 Å². The summed E-state index contributed by atoms with van der Waals surface area (Å²) < 4.78 is 38.0. The minimum atomic E-state index is -0.587. The maximum atomic E-state index is 15.3. The van der Waals surface area contributed by atoms with Gasteiger partial charge in [-0.3, -0.25) is 0 Å². The molecule has 0 saturated carbocycles. The molecule has 0 saturated heterocycles. The van der Waals surface area contributed by atoms with Gasteiger partial charge in [-0.2, -0.15) is 0 Å². The zero-order valence-corrected chi connectivity index (χ0v) is 19.8. The van der Waals surface area contributed by atoms with Crippen molar-refractivity contribution in [3.8, 4) is 22.8 Å². The summed E-state index contributed by atoms with van der Waals surface area (Å²) in [5.41, 5.74) is 8.64. The van der Waals surface area contributed by atoms with Crippen LogP contribution in [0.15, 0.2) is 60.9 Å². The molecule has 6 rings (SSSR count).